The van der Waals surface area contributed by atoms with Gasteiger partial charge in [-0.1, -0.05) is 39.3 Å². The molecule has 0 atom stereocenters. The van der Waals surface area contributed by atoms with Crippen LogP contribution in [0, 0.1) is 6.92 Å². The van der Waals surface area contributed by atoms with Crippen LogP contribution in [0.3, 0.4) is 0 Å². The minimum Gasteiger partial charge on any atom is -0.495 e. The first kappa shape index (κ1) is 19.7. The Labute approximate surface area is 173 Å². The number of ether oxygens (including phenoxy) is 1. The second-order valence-electron chi connectivity index (χ2n) is 5.52. The van der Waals surface area contributed by atoms with Crippen molar-refractivity contribution in [2.75, 3.05) is 18.2 Å². The van der Waals surface area contributed by atoms with Crippen molar-refractivity contribution >= 4 is 50.9 Å². The molecule has 9 heteroatoms. The third kappa shape index (κ3) is 5.03. The van der Waals surface area contributed by atoms with Crippen LogP contribution in [0.2, 0.25) is 5.02 Å². The number of hydrogen-bond acceptors (Lipinski definition) is 6. The van der Waals surface area contributed by atoms with E-state index in [0.717, 1.165) is 27.4 Å². The molecule has 0 saturated carbocycles. The number of benzene rings is 2. The van der Waals surface area contributed by atoms with E-state index < -0.39 is 0 Å². The number of aryl methyl sites for hydroxylation is 1. The molecule has 2 aromatic carbocycles. The number of amides is 1. The fourth-order valence-corrected chi connectivity index (χ4v) is 3.20. The molecule has 1 N–H and O–H groups in total. The average Bonchev–Trinajstić information content (AvgIpc) is 3.12. The van der Waals surface area contributed by atoms with Gasteiger partial charge in [0, 0.05) is 21.1 Å². The SMILES string of the molecule is COc1cc(Cl)c(C)cc1NC(=O)CSc1nnc(-c2ccc(Br)cc2)o1. The number of nitrogens with zero attached hydrogens (tertiary/aromatic N) is 2. The van der Waals surface area contributed by atoms with Crippen molar-refractivity contribution in [1.82, 2.24) is 10.2 Å². The Balaban J connectivity index is 1.62. The second-order valence-corrected chi connectivity index (χ2v) is 7.77. The van der Waals surface area contributed by atoms with Gasteiger partial charge in [0.2, 0.25) is 11.8 Å². The zero-order valence-electron chi connectivity index (χ0n) is 14.5. The van der Waals surface area contributed by atoms with Crippen LogP contribution in [0.1, 0.15) is 5.56 Å². The fraction of sp³-hybridized carbons (Fsp3) is 0.167. The summed E-state index contributed by atoms with van der Waals surface area (Å²) in [5.74, 6) is 0.801. The van der Waals surface area contributed by atoms with E-state index >= 15 is 0 Å². The Kier molecular flexibility index (Phi) is 6.41. The summed E-state index contributed by atoms with van der Waals surface area (Å²) < 4.78 is 11.8. The minimum absolute atomic E-state index is 0.118. The lowest BCUT2D eigenvalue weighted by Gasteiger charge is -2.11. The first-order chi connectivity index (χ1) is 13.0. The highest BCUT2D eigenvalue weighted by atomic mass is 79.9. The predicted molar refractivity (Wildman–Crippen MR) is 110 cm³/mol. The van der Waals surface area contributed by atoms with Gasteiger partial charge < -0.3 is 14.5 Å². The van der Waals surface area contributed by atoms with Gasteiger partial charge in [-0.2, -0.15) is 0 Å². The summed E-state index contributed by atoms with van der Waals surface area (Å²) in [6.07, 6.45) is 0. The summed E-state index contributed by atoms with van der Waals surface area (Å²) in [6.45, 7) is 1.86. The number of aromatic nitrogens is 2. The van der Waals surface area contributed by atoms with Crippen LogP contribution in [0.25, 0.3) is 11.5 Å². The quantitative estimate of drug-likeness (QED) is 0.501. The number of halogens is 2. The third-order valence-corrected chi connectivity index (χ3v) is 5.33. The van der Waals surface area contributed by atoms with Crippen LogP contribution in [0.15, 0.2) is 50.5 Å². The van der Waals surface area contributed by atoms with Crippen molar-refractivity contribution in [3.8, 4) is 17.2 Å². The van der Waals surface area contributed by atoms with E-state index in [1.165, 1.54) is 7.11 Å². The van der Waals surface area contributed by atoms with Crippen molar-refractivity contribution in [1.29, 1.82) is 0 Å². The van der Waals surface area contributed by atoms with E-state index in [1.807, 2.05) is 31.2 Å². The summed E-state index contributed by atoms with van der Waals surface area (Å²) in [7, 11) is 1.52. The molecule has 0 radical (unpaired) electrons. The van der Waals surface area contributed by atoms with Crippen LogP contribution in [0.4, 0.5) is 5.69 Å². The number of anilines is 1. The standard InChI is InChI=1S/C18H15BrClN3O3S/c1-10-7-14(15(25-2)8-13(10)20)21-16(24)9-27-18-23-22-17(26-18)11-3-5-12(19)6-4-11/h3-8H,9H2,1-2H3,(H,21,24). The van der Waals surface area contributed by atoms with Crippen molar-refractivity contribution in [3.05, 3.63) is 51.5 Å². The summed E-state index contributed by atoms with van der Waals surface area (Å²) >= 11 is 10.6. The summed E-state index contributed by atoms with van der Waals surface area (Å²) in [5.41, 5.74) is 2.21. The number of hydrogen-bond donors (Lipinski definition) is 1. The maximum atomic E-state index is 12.2. The first-order valence-corrected chi connectivity index (χ1v) is 9.98. The van der Waals surface area contributed by atoms with Gasteiger partial charge in [-0.3, -0.25) is 4.79 Å². The Morgan fingerprint density at radius 3 is 2.74 bits per heavy atom. The molecule has 1 aromatic heterocycles. The van der Waals surface area contributed by atoms with Gasteiger partial charge in [0.25, 0.3) is 5.22 Å². The fourth-order valence-electron chi connectivity index (χ4n) is 2.22. The Hall–Kier alpha value is -2.03. The Bertz CT molecular complexity index is 963. The molecule has 0 spiro atoms. The van der Waals surface area contributed by atoms with Crippen LogP contribution in [-0.2, 0) is 4.79 Å². The van der Waals surface area contributed by atoms with E-state index in [1.54, 1.807) is 12.1 Å². The average molecular weight is 469 g/mol. The summed E-state index contributed by atoms with van der Waals surface area (Å²) in [4.78, 5) is 12.2. The molecule has 0 aliphatic rings. The molecule has 3 aromatic rings. The maximum Gasteiger partial charge on any atom is 0.277 e. The number of carbonyl (C=O) groups is 1. The molecule has 0 aliphatic carbocycles. The first-order valence-electron chi connectivity index (χ1n) is 7.82. The molecule has 140 valence electrons. The van der Waals surface area contributed by atoms with Crippen molar-refractivity contribution < 1.29 is 13.9 Å². The molecule has 0 bridgehead atoms. The highest BCUT2D eigenvalue weighted by molar-refractivity contribution is 9.10. The zero-order chi connectivity index (χ0) is 19.4. The molecule has 27 heavy (non-hydrogen) atoms. The van der Waals surface area contributed by atoms with Crippen LogP contribution in [0.5, 0.6) is 5.75 Å². The number of nitrogens with one attached hydrogen (secondary N) is 1. The molecular formula is C18H15BrClN3O3S. The van der Waals surface area contributed by atoms with Gasteiger partial charge in [0.05, 0.1) is 18.6 Å². The summed E-state index contributed by atoms with van der Waals surface area (Å²) in [5, 5.41) is 11.7. The van der Waals surface area contributed by atoms with E-state index in [4.69, 9.17) is 20.8 Å². The molecule has 0 aliphatic heterocycles. The smallest absolute Gasteiger partial charge is 0.277 e. The molecule has 1 amide bonds. The topological polar surface area (TPSA) is 77.2 Å². The van der Waals surface area contributed by atoms with E-state index in [0.29, 0.717) is 27.6 Å². The van der Waals surface area contributed by atoms with Gasteiger partial charge in [0.1, 0.15) is 5.75 Å². The van der Waals surface area contributed by atoms with Gasteiger partial charge >= 0.3 is 0 Å². The molecule has 0 saturated heterocycles. The molecule has 1 heterocycles. The van der Waals surface area contributed by atoms with E-state index in [2.05, 4.69) is 31.4 Å². The van der Waals surface area contributed by atoms with Crippen LogP contribution in [-0.4, -0.2) is 29.0 Å². The molecule has 0 unspecified atom stereocenters. The zero-order valence-corrected chi connectivity index (χ0v) is 17.6. The van der Waals surface area contributed by atoms with E-state index in [9.17, 15) is 4.79 Å². The van der Waals surface area contributed by atoms with Crippen LogP contribution >= 0.6 is 39.3 Å². The van der Waals surface area contributed by atoms with Gasteiger partial charge in [-0.05, 0) is 42.8 Å². The number of carbonyl (C=O) groups excluding carboxylic acids is 1. The lowest BCUT2D eigenvalue weighted by atomic mass is 10.2. The number of methoxy groups -OCH3 is 1. The van der Waals surface area contributed by atoms with Crippen molar-refractivity contribution in [2.45, 2.75) is 12.1 Å². The Morgan fingerprint density at radius 1 is 1.30 bits per heavy atom. The van der Waals surface area contributed by atoms with Gasteiger partial charge in [0.15, 0.2) is 0 Å². The molecular weight excluding hydrogens is 454 g/mol. The maximum absolute atomic E-state index is 12.2. The molecule has 6 nitrogen and oxygen atoms in total. The Morgan fingerprint density at radius 2 is 2.04 bits per heavy atom. The lowest BCUT2D eigenvalue weighted by molar-refractivity contribution is -0.113. The van der Waals surface area contributed by atoms with Gasteiger partial charge in [-0.25, -0.2) is 0 Å². The van der Waals surface area contributed by atoms with Crippen LogP contribution < -0.4 is 10.1 Å². The predicted octanol–water partition coefficient (Wildman–Crippen LogP) is 5.20. The number of rotatable bonds is 6. The second kappa shape index (κ2) is 8.77. The molecule has 3 rings (SSSR count). The molecule has 0 fully saturated rings. The number of thioether (sulfide) groups is 1. The highest BCUT2D eigenvalue weighted by Gasteiger charge is 2.14. The van der Waals surface area contributed by atoms with E-state index in [-0.39, 0.29) is 11.7 Å². The third-order valence-electron chi connectivity index (χ3n) is 3.58. The monoisotopic (exact) mass is 467 g/mol. The van der Waals surface area contributed by atoms with Gasteiger partial charge in [-0.15, -0.1) is 10.2 Å². The van der Waals surface area contributed by atoms with Crippen molar-refractivity contribution in [2.24, 2.45) is 0 Å². The summed E-state index contributed by atoms with van der Waals surface area (Å²) in [6, 6.07) is 11.0. The minimum atomic E-state index is -0.219. The van der Waals surface area contributed by atoms with Crippen molar-refractivity contribution in [3.63, 3.8) is 0 Å². The lowest BCUT2D eigenvalue weighted by Crippen LogP contribution is -2.15. The largest absolute Gasteiger partial charge is 0.495 e. The normalized spacial score (nSPS) is 10.7. The highest BCUT2D eigenvalue weighted by Crippen LogP contribution is 2.31.